The quantitative estimate of drug-likeness (QED) is 0.729. The van der Waals surface area contributed by atoms with Crippen molar-refractivity contribution in [3.05, 3.63) is 42.0 Å². The predicted octanol–water partition coefficient (Wildman–Crippen LogP) is 3.85. The number of hydrogen-bond donors (Lipinski definition) is 1. The molecule has 0 atom stereocenters. The molecular weight excluding hydrogens is 307 g/mol. The van der Waals surface area contributed by atoms with E-state index in [0.717, 1.165) is 17.7 Å². The topological polar surface area (TPSA) is 53.1 Å². The molecule has 0 fully saturated rings. The number of aryl methyl sites for hydroxylation is 1. The second-order valence-electron chi connectivity index (χ2n) is 5.16. The SMILES string of the molecule is COc1cccc(-c2nc3cc(C(F)(F)F)cc(N)c3n2C)c1. The molecule has 1 aromatic heterocycles. The lowest BCUT2D eigenvalue weighted by Gasteiger charge is -2.09. The number of rotatable bonds is 2. The van der Waals surface area contributed by atoms with Crippen molar-refractivity contribution in [3.8, 4) is 17.1 Å². The van der Waals surface area contributed by atoms with Crippen molar-refractivity contribution in [2.24, 2.45) is 7.05 Å². The van der Waals surface area contributed by atoms with Crippen LogP contribution in [0.2, 0.25) is 0 Å². The Morgan fingerprint density at radius 3 is 2.57 bits per heavy atom. The number of methoxy groups -OCH3 is 1. The molecular formula is C16H14F3N3O. The number of hydrogen-bond acceptors (Lipinski definition) is 3. The first-order chi connectivity index (χ1) is 10.8. The number of halogens is 3. The molecule has 0 radical (unpaired) electrons. The van der Waals surface area contributed by atoms with Crippen LogP contribution in [0.25, 0.3) is 22.4 Å². The molecule has 0 spiro atoms. The second-order valence-corrected chi connectivity index (χ2v) is 5.16. The number of nitrogens with two attached hydrogens (primary N) is 1. The van der Waals surface area contributed by atoms with Crippen molar-refractivity contribution in [3.63, 3.8) is 0 Å². The van der Waals surface area contributed by atoms with Crippen molar-refractivity contribution in [2.45, 2.75) is 6.18 Å². The highest BCUT2D eigenvalue weighted by Gasteiger charge is 2.32. The first kappa shape index (κ1) is 15.2. The van der Waals surface area contributed by atoms with E-state index in [1.165, 1.54) is 0 Å². The van der Waals surface area contributed by atoms with Gasteiger partial charge in [0.2, 0.25) is 0 Å². The average molecular weight is 321 g/mol. The highest BCUT2D eigenvalue weighted by Crippen LogP contribution is 2.36. The van der Waals surface area contributed by atoms with Gasteiger partial charge in [-0.3, -0.25) is 0 Å². The lowest BCUT2D eigenvalue weighted by atomic mass is 10.1. The average Bonchev–Trinajstić information content (AvgIpc) is 2.84. The van der Waals surface area contributed by atoms with Gasteiger partial charge in [0, 0.05) is 12.6 Å². The number of benzene rings is 2. The molecule has 23 heavy (non-hydrogen) atoms. The summed E-state index contributed by atoms with van der Waals surface area (Å²) in [5.74, 6) is 1.16. The summed E-state index contributed by atoms with van der Waals surface area (Å²) in [4.78, 5) is 4.32. The summed E-state index contributed by atoms with van der Waals surface area (Å²) in [7, 11) is 3.26. The minimum Gasteiger partial charge on any atom is -0.497 e. The maximum atomic E-state index is 12.9. The lowest BCUT2D eigenvalue weighted by Crippen LogP contribution is -2.06. The molecule has 0 aliphatic carbocycles. The lowest BCUT2D eigenvalue weighted by molar-refractivity contribution is -0.137. The fraction of sp³-hybridized carbons (Fsp3) is 0.188. The Hall–Kier alpha value is -2.70. The molecule has 0 aliphatic heterocycles. The van der Waals surface area contributed by atoms with Gasteiger partial charge < -0.3 is 15.0 Å². The Bertz CT molecular complexity index is 884. The maximum Gasteiger partial charge on any atom is 0.416 e. The largest absolute Gasteiger partial charge is 0.497 e. The van der Waals surface area contributed by atoms with Gasteiger partial charge in [-0.1, -0.05) is 12.1 Å². The predicted molar refractivity (Wildman–Crippen MR) is 82.1 cm³/mol. The summed E-state index contributed by atoms with van der Waals surface area (Å²) >= 11 is 0. The molecule has 7 heteroatoms. The molecule has 0 saturated heterocycles. The van der Waals surface area contributed by atoms with Crippen LogP contribution in [-0.4, -0.2) is 16.7 Å². The van der Waals surface area contributed by atoms with E-state index in [4.69, 9.17) is 10.5 Å². The summed E-state index contributed by atoms with van der Waals surface area (Å²) in [6.45, 7) is 0. The fourth-order valence-electron chi connectivity index (χ4n) is 2.57. The van der Waals surface area contributed by atoms with E-state index in [1.807, 2.05) is 6.07 Å². The molecule has 1 heterocycles. The monoisotopic (exact) mass is 321 g/mol. The normalized spacial score (nSPS) is 11.9. The van der Waals surface area contributed by atoms with Crippen molar-refractivity contribution in [1.82, 2.24) is 9.55 Å². The first-order valence-electron chi connectivity index (χ1n) is 6.79. The molecule has 0 unspecified atom stereocenters. The van der Waals surface area contributed by atoms with Crippen LogP contribution in [0.15, 0.2) is 36.4 Å². The van der Waals surface area contributed by atoms with Crippen LogP contribution in [0.4, 0.5) is 18.9 Å². The molecule has 3 rings (SSSR count). The van der Waals surface area contributed by atoms with Crippen molar-refractivity contribution in [2.75, 3.05) is 12.8 Å². The van der Waals surface area contributed by atoms with Crippen LogP contribution in [0.5, 0.6) is 5.75 Å². The number of alkyl halides is 3. The smallest absolute Gasteiger partial charge is 0.416 e. The van der Waals surface area contributed by atoms with Gasteiger partial charge in [-0.05, 0) is 24.3 Å². The zero-order valence-electron chi connectivity index (χ0n) is 12.5. The number of aromatic nitrogens is 2. The third kappa shape index (κ3) is 2.58. The summed E-state index contributed by atoms with van der Waals surface area (Å²) in [5, 5.41) is 0. The first-order valence-corrected chi connectivity index (χ1v) is 6.79. The summed E-state index contributed by atoms with van der Waals surface area (Å²) in [5.41, 5.74) is 6.46. The summed E-state index contributed by atoms with van der Waals surface area (Å²) in [6, 6.07) is 9.09. The van der Waals surface area contributed by atoms with E-state index < -0.39 is 11.7 Å². The zero-order valence-corrected chi connectivity index (χ0v) is 12.5. The number of ether oxygens (including phenoxy) is 1. The minimum absolute atomic E-state index is 0.0407. The second kappa shape index (κ2) is 5.19. The molecule has 2 N–H and O–H groups in total. The third-order valence-corrected chi connectivity index (χ3v) is 3.65. The standard InChI is InChI=1S/C16H14F3N3O/c1-22-14-12(20)7-10(16(17,18)19)8-13(14)21-15(22)9-4-3-5-11(6-9)23-2/h3-8H,20H2,1-2H3. The van der Waals surface area contributed by atoms with Gasteiger partial charge in [0.1, 0.15) is 11.6 Å². The number of nitrogen functional groups attached to an aromatic ring is 1. The van der Waals surface area contributed by atoms with Crippen molar-refractivity contribution >= 4 is 16.7 Å². The molecule has 2 aromatic carbocycles. The van der Waals surface area contributed by atoms with Gasteiger partial charge in [-0.25, -0.2) is 4.98 Å². The Morgan fingerprint density at radius 1 is 1.17 bits per heavy atom. The van der Waals surface area contributed by atoms with E-state index in [2.05, 4.69) is 4.98 Å². The third-order valence-electron chi connectivity index (χ3n) is 3.65. The summed E-state index contributed by atoms with van der Waals surface area (Å²) < 4.78 is 45.6. The van der Waals surface area contributed by atoms with Gasteiger partial charge >= 0.3 is 6.18 Å². The van der Waals surface area contributed by atoms with Crippen LogP contribution >= 0.6 is 0 Å². The molecule has 4 nitrogen and oxygen atoms in total. The van der Waals surface area contributed by atoms with Gasteiger partial charge in [0.25, 0.3) is 0 Å². The highest BCUT2D eigenvalue weighted by molar-refractivity contribution is 5.91. The highest BCUT2D eigenvalue weighted by atomic mass is 19.4. The molecule has 0 aliphatic rings. The van der Waals surface area contributed by atoms with Crippen molar-refractivity contribution < 1.29 is 17.9 Å². The number of fused-ring (bicyclic) bond motifs is 1. The van der Waals surface area contributed by atoms with Crippen LogP contribution in [-0.2, 0) is 13.2 Å². The summed E-state index contributed by atoms with van der Waals surface area (Å²) in [6.07, 6.45) is -4.46. The van der Waals surface area contributed by atoms with Crippen LogP contribution < -0.4 is 10.5 Å². The van der Waals surface area contributed by atoms with Gasteiger partial charge in [-0.2, -0.15) is 13.2 Å². The molecule has 0 bridgehead atoms. The molecule has 0 saturated carbocycles. The van der Waals surface area contributed by atoms with E-state index in [0.29, 0.717) is 17.1 Å². The van der Waals surface area contributed by atoms with Gasteiger partial charge in [0.15, 0.2) is 0 Å². The Balaban J connectivity index is 2.24. The number of imidazole rings is 1. The Labute approximate surface area is 130 Å². The van der Waals surface area contributed by atoms with Crippen molar-refractivity contribution in [1.29, 1.82) is 0 Å². The van der Waals surface area contributed by atoms with E-state index >= 15 is 0 Å². The van der Waals surface area contributed by atoms with E-state index in [9.17, 15) is 13.2 Å². The Morgan fingerprint density at radius 2 is 1.91 bits per heavy atom. The number of nitrogens with zero attached hydrogens (tertiary/aromatic N) is 2. The van der Waals surface area contributed by atoms with Gasteiger partial charge in [0.05, 0.1) is 29.4 Å². The number of anilines is 1. The van der Waals surface area contributed by atoms with E-state index in [-0.39, 0.29) is 11.2 Å². The Kier molecular flexibility index (Phi) is 3.43. The molecule has 120 valence electrons. The van der Waals surface area contributed by atoms with Gasteiger partial charge in [-0.15, -0.1) is 0 Å². The molecule has 3 aromatic rings. The zero-order chi connectivity index (χ0) is 16.8. The fourth-order valence-corrected chi connectivity index (χ4v) is 2.57. The maximum absolute atomic E-state index is 12.9. The van der Waals surface area contributed by atoms with Crippen LogP contribution in [0.3, 0.4) is 0 Å². The van der Waals surface area contributed by atoms with E-state index in [1.54, 1.807) is 36.9 Å². The molecule has 0 amide bonds. The van der Waals surface area contributed by atoms with Crippen LogP contribution in [0, 0.1) is 0 Å². The minimum atomic E-state index is -4.46. The van der Waals surface area contributed by atoms with Crippen LogP contribution in [0.1, 0.15) is 5.56 Å².